The molecule has 12 atom stereocenters. The Kier molecular flexibility index (Phi) is 32.2. The smallest absolute Gasteiger partial charge is 0.220 e. The molecular formula is C48H87NO13. The summed E-state index contributed by atoms with van der Waals surface area (Å²) in [6, 6.07) is -0.910. The van der Waals surface area contributed by atoms with Gasteiger partial charge in [-0.2, -0.15) is 0 Å². The van der Waals surface area contributed by atoms with Crippen molar-refractivity contribution >= 4 is 5.91 Å². The first-order chi connectivity index (χ1) is 30.1. The van der Waals surface area contributed by atoms with Crippen molar-refractivity contribution in [3.05, 3.63) is 36.5 Å². The lowest BCUT2D eigenvalue weighted by Gasteiger charge is -2.46. The number of carbonyl (C=O) groups excluding carboxylic acids is 1. The minimum atomic E-state index is -1.79. The lowest BCUT2D eigenvalue weighted by Crippen LogP contribution is -2.65. The molecule has 0 aromatic rings. The van der Waals surface area contributed by atoms with Crippen molar-refractivity contribution in [2.75, 3.05) is 19.8 Å². The maximum atomic E-state index is 13.0. The molecule has 0 aromatic heterocycles. The first kappa shape index (κ1) is 56.3. The molecule has 2 fully saturated rings. The Morgan fingerprint density at radius 1 is 0.581 bits per heavy atom. The van der Waals surface area contributed by atoms with Crippen LogP contribution >= 0.6 is 0 Å². The number of allylic oxidation sites excluding steroid dienone is 5. The van der Waals surface area contributed by atoms with Gasteiger partial charge >= 0.3 is 0 Å². The van der Waals surface area contributed by atoms with E-state index in [9.17, 15) is 45.6 Å². The number of unbranched alkanes of at least 4 members (excludes halogenated alkanes) is 19. The van der Waals surface area contributed by atoms with E-state index in [2.05, 4.69) is 43.5 Å². The van der Waals surface area contributed by atoms with Crippen LogP contribution in [0.15, 0.2) is 36.5 Å². The van der Waals surface area contributed by atoms with Crippen molar-refractivity contribution in [3.63, 3.8) is 0 Å². The van der Waals surface area contributed by atoms with E-state index < -0.39 is 86.8 Å². The maximum absolute atomic E-state index is 13.0. The second-order valence-corrected chi connectivity index (χ2v) is 17.2. The van der Waals surface area contributed by atoms with Crippen LogP contribution in [-0.4, -0.2) is 140 Å². The first-order valence-corrected chi connectivity index (χ1v) is 24.2. The molecule has 0 radical (unpaired) electrons. The number of nitrogens with one attached hydrogen (secondary N) is 1. The Bertz CT molecular complexity index is 1190. The molecule has 2 aliphatic heterocycles. The van der Waals surface area contributed by atoms with Gasteiger partial charge in [0.1, 0.15) is 48.8 Å². The molecule has 9 N–H and O–H groups in total. The Balaban J connectivity index is 1.70. The van der Waals surface area contributed by atoms with E-state index in [1.54, 1.807) is 6.08 Å². The Labute approximate surface area is 372 Å². The van der Waals surface area contributed by atoms with E-state index in [1.165, 1.54) is 89.9 Å². The van der Waals surface area contributed by atoms with Crippen molar-refractivity contribution in [3.8, 4) is 0 Å². The normalized spacial score (nSPS) is 28.0. The quantitative estimate of drug-likeness (QED) is 0.0279. The summed E-state index contributed by atoms with van der Waals surface area (Å²) >= 11 is 0. The Morgan fingerprint density at radius 3 is 1.65 bits per heavy atom. The molecule has 0 aliphatic carbocycles. The van der Waals surface area contributed by atoms with Crippen LogP contribution in [0.1, 0.15) is 168 Å². The number of hydrogen-bond donors (Lipinski definition) is 9. The molecule has 2 aliphatic rings. The summed E-state index contributed by atoms with van der Waals surface area (Å²) in [4.78, 5) is 13.0. The predicted molar refractivity (Wildman–Crippen MR) is 240 cm³/mol. The number of hydrogen-bond acceptors (Lipinski definition) is 13. The van der Waals surface area contributed by atoms with E-state index in [4.69, 9.17) is 18.9 Å². The Hall–Kier alpha value is -1.79. The van der Waals surface area contributed by atoms with Gasteiger partial charge in [-0.1, -0.05) is 147 Å². The third kappa shape index (κ3) is 22.9. The monoisotopic (exact) mass is 886 g/mol. The standard InChI is InChI=1S/C48H87NO13/c1-3-5-7-9-10-11-12-13-14-15-16-17-18-19-20-21-22-23-24-25-26-28-30-32-40(53)49-36(37(52)31-29-27-8-6-4-2)35-59-47-45(58)43(56)46(39(34-51)61-47)62-48-44(57)42(55)41(54)38(33-50)60-48/h12-13,15-16,29,31,36-39,41-48,50-52,54-58H,3-11,14,17-28,30,32-35H2,1-2H3,(H,49,53)/b13-12-,16-15-,31-29+. The second kappa shape index (κ2) is 35.5. The zero-order valence-corrected chi connectivity index (χ0v) is 38.1. The van der Waals surface area contributed by atoms with E-state index in [1.807, 2.05) is 6.08 Å². The van der Waals surface area contributed by atoms with Crippen molar-refractivity contribution in [2.24, 2.45) is 0 Å². The number of amides is 1. The minimum absolute atomic E-state index is 0.251. The molecular weight excluding hydrogens is 799 g/mol. The Morgan fingerprint density at radius 2 is 1.06 bits per heavy atom. The molecule has 0 bridgehead atoms. The van der Waals surface area contributed by atoms with E-state index in [0.717, 1.165) is 51.4 Å². The van der Waals surface area contributed by atoms with Gasteiger partial charge in [0, 0.05) is 6.42 Å². The van der Waals surface area contributed by atoms with Gasteiger partial charge in [0.2, 0.25) is 5.91 Å². The highest BCUT2D eigenvalue weighted by Crippen LogP contribution is 2.30. The minimum Gasteiger partial charge on any atom is -0.394 e. The zero-order valence-electron chi connectivity index (χ0n) is 38.1. The van der Waals surface area contributed by atoms with Gasteiger partial charge in [-0.05, 0) is 51.4 Å². The van der Waals surface area contributed by atoms with E-state index in [-0.39, 0.29) is 18.9 Å². The summed E-state index contributed by atoms with van der Waals surface area (Å²) in [5, 5.41) is 86.1. The van der Waals surface area contributed by atoms with Crippen LogP contribution in [0.4, 0.5) is 0 Å². The summed E-state index contributed by atoms with van der Waals surface area (Å²) in [5.41, 5.74) is 0. The van der Waals surface area contributed by atoms with Gasteiger partial charge in [-0.25, -0.2) is 0 Å². The molecule has 62 heavy (non-hydrogen) atoms. The van der Waals surface area contributed by atoms with Gasteiger partial charge in [-0.3, -0.25) is 4.79 Å². The second-order valence-electron chi connectivity index (χ2n) is 17.2. The first-order valence-electron chi connectivity index (χ1n) is 24.2. The highest BCUT2D eigenvalue weighted by molar-refractivity contribution is 5.76. The third-order valence-electron chi connectivity index (χ3n) is 11.8. The number of carbonyl (C=O) groups is 1. The van der Waals surface area contributed by atoms with Crippen molar-refractivity contribution in [1.82, 2.24) is 5.32 Å². The lowest BCUT2D eigenvalue weighted by atomic mass is 9.97. The zero-order chi connectivity index (χ0) is 45.4. The summed E-state index contributed by atoms with van der Waals surface area (Å²) in [6.45, 7) is 2.64. The molecule has 14 nitrogen and oxygen atoms in total. The van der Waals surface area contributed by atoms with Crippen LogP contribution in [0.2, 0.25) is 0 Å². The van der Waals surface area contributed by atoms with Gasteiger partial charge in [0.25, 0.3) is 0 Å². The number of aliphatic hydroxyl groups is 8. The summed E-state index contributed by atoms with van der Waals surface area (Å²) in [5.74, 6) is -0.251. The van der Waals surface area contributed by atoms with Crippen LogP contribution in [0.5, 0.6) is 0 Å². The van der Waals surface area contributed by atoms with Crippen LogP contribution in [-0.2, 0) is 23.7 Å². The molecule has 0 saturated carbocycles. The van der Waals surface area contributed by atoms with Crippen LogP contribution in [0.25, 0.3) is 0 Å². The lowest BCUT2D eigenvalue weighted by molar-refractivity contribution is -0.359. The summed E-state index contributed by atoms with van der Waals surface area (Å²) in [6.07, 6.45) is 22.6. The average Bonchev–Trinajstić information content (AvgIpc) is 3.27. The fraction of sp³-hybridized carbons (Fsp3) is 0.854. The van der Waals surface area contributed by atoms with Crippen molar-refractivity contribution in [1.29, 1.82) is 0 Å². The van der Waals surface area contributed by atoms with Gasteiger partial charge < -0.3 is 65.1 Å². The predicted octanol–water partition coefficient (Wildman–Crippen LogP) is 5.54. The number of ether oxygens (including phenoxy) is 4. The molecule has 0 aromatic carbocycles. The van der Waals surface area contributed by atoms with E-state index in [0.29, 0.717) is 6.42 Å². The number of rotatable bonds is 36. The molecule has 0 spiro atoms. The average molecular weight is 886 g/mol. The topological polar surface area (TPSA) is 228 Å². The molecule has 2 heterocycles. The van der Waals surface area contributed by atoms with Crippen molar-refractivity contribution < 1.29 is 64.6 Å². The van der Waals surface area contributed by atoms with Gasteiger partial charge in [-0.15, -0.1) is 0 Å². The number of aliphatic hydroxyl groups excluding tert-OH is 8. The SMILES string of the molecule is CCCCC/C=C/C(O)C(COC1OC(CO)C(OC2OC(CO)C(O)C(O)C2O)C(O)C1O)NC(=O)CCCCCCCCCCCCC/C=C\C/C=C\CCCCCCC. The third-order valence-corrected chi connectivity index (χ3v) is 11.8. The molecule has 14 heteroatoms. The summed E-state index contributed by atoms with van der Waals surface area (Å²) < 4.78 is 22.5. The maximum Gasteiger partial charge on any atom is 0.220 e. The van der Waals surface area contributed by atoms with Gasteiger partial charge in [0.15, 0.2) is 12.6 Å². The van der Waals surface area contributed by atoms with Crippen molar-refractivity contribution in [2.45, 2.75) is 242 Å². The van der Waals surface area contributed by atoms with Crippen LogP contribution in [0, 0.1) is 0 Å². The van der Waals surface area contributed by atoms with E-state index >= 15 is 0 Å². The largest absolute Gasteiger partial charge is 0.394 e. The highest BCUT2D eigenvalue weighted by Gasteiger charge is 2.51. The molecule has 2 saturated heterocycles. The van der Waals surface area contributed by atoms with Crippen LogP contribution < -0.4 is 5.32 Å². The molecule has 2 rings (SSSR count). The molecule has 12 unspecified atom stereocenters. The molecule has 362 valence electrons. The molecule has 1 amide bonds. The fourth-order valence-electron chi connectivity index (χ4n) is 7.79. The fourth-order valence-corrected chi connectivity index (χ4v) is 7.79. The van der Waals surface area contributed by atoms with Gasteiger partial charge in [0.05, 0.1) is 32.0 Å². The highest BCUT2D eigenvalue weighted by atomic mass is 16.7. The van der Waals surface area contributed by atoms with Crippen LogP contribution in [0.3, 0.4) is 0 Å². The summed E-state index contributed by atoms with van der Waals surface area (Å²) in [7, 11) is 0.